The van der Waals surface area contributed by atoms with Crippen LogP contribution in [0.1, 0.15) is 11.1 Å². The van der Waals surface area contributed by atoms with Gasteiger partial charge in [0.05, 0.1) is 26.4 Å². The van der Waals surface area contributed by atoms with Crippen molar-refractivity contribution in [2.45, 2.75) is 37.6 Å². The third-order valence-electron chi connectivity index (χ3n) is 4.30. The first-order valence-electron chi connectivity index (χ1n) is 8.49. The van der Waals surface area contributed by atoms with Crippen molar-refractivity contribution in [3.63, 3.8) is 0 Å². The molecular formula is C20H24O5. The molecule has 0 amide bonds. The zero-order valence-electron chi connectivity index (χ0n) is 14.0. The fraction of sp³-hybridized carbons (Fsp3) is 0.400. The van der Waals surface area contributed by atoms with Gasteiger partial charge in [-0.2, -0.15) is 0 Å². The second kappa shape index (κ2) is 9.08. The van der Waals surface area contributed by atoms with E-state index < -0.39 is 18.3 Å². The average Bonchev–Trinajstić information content (AvgIpc) is 3.08. The number of rotatable bonds is 8. The van der Waals surface area contributed by atoms with E-state index in [-0.39, 0.29) is 12.7 Å². The fourth-order valence-electron chi connectivity index (χ4n) is 2.93. The highest BCUT2D eigenvalue weighted by atomic mass is 16.6. The number of aliphatic hydroxyl groups is 2. The van der Waals surface area contributed by atoms with Gasteiger partial charge >= 0.3 is 0 Å². The number of ether oxygens (including phenoxy) is 3. The van der Waals surface area contributed by atoms with Crippen LogP contribution in [0.2, 0.25) is 0 Å². The van der Waals surface area contributed by atoms with Crippen molar-refractivity contribution in [1.29, 1.82) is 0 Å². The summed E-state index contributed by atoms with van der Waals surface area (Å²) < 4.78 is 17.6. The lowest BCUT2D eigenvalue weighted by molar-refractivity contribution is -0.107. The van der Waals surface area contributed by atoms with Gasteiger partial charge in [-0.25, -0.2) is 0 Å². The van der Waals surface area contributed by atoms with Crippen LogP contribution in [0.15, 0.2) is 60.7 Å². The average molecular weight is 344 g/mol. The highest BCUT2D eigenvalue weighted by Crippen LogP contribution is 2.25. The van der Waals surface area contributed by atoms with E-state index in [0.717, 1.165) is 11.1 Å². The van der Waals surface area contributed by atoms with Gasteiger partial charge in [0.15, 0.2) is 0 Å². The maximum absolute atomic E-state index is 10.0. The van der Waals surface area contributed by atoms with Crippen molar-refractivity contribution in [2.75, 3.05) is 13.2 Å². The number of aliphatic hydroxyl groups excluding tert-OH is 2. The van der Waals surface area contributed by atoms with Crippen LogP contribution in [0.3, 0.4) is 0 Å². The molecule has 3 rings (SSSR count). The van der Waals surface area contributed by atoms with Crippen LogP contribution in [-0.2, 0) is 27.4 Å². The second-order valence-corrected chi connectivity index (χ2v) is 6.14. The molecule has 0 saturated carbocycles. The van der Waals surface area contributed by atoms with Crippen molar-refractivity contribution in [2.24, 2.45) is 0 Å². The van der Waals surface area contributed by atoms with E-state index in [4.69, 9.17) is 14.2 Å². The normalized spacial score (nSPS) is 24.3. The first-order valence-corrected chi connectivity index (χ1v) is 8.49. The summed E-state index contributed by atoms with van der Waals surface area (Å²) in [6.07, 6.45) is -2.33. The summed E-state index contributed by atoms with van der Waals surface area (Å²) in [6, 6.07) is 19.7. The van der Waals surface area contributed by atoms with E-state index in [0.29, 0.717) is 19.8 Å². The van der Waals surface area contributed by atoms with Crippen molar-refractivity contribution >= 4 is 0 Å². The van der Waals surface area contributed by atoms with Crippen LogP contribution < -0.4 is 0 Å². The van der Waals surface area contributed by atoms with Crippen molar-refractivity contribution < 1.29 is 24.4 Å². The Morgan fingerprint density at radius 3 is 2.04 bits per heavy atom. The highest BCUT2D eigenvalue weighted by molar-refractivity contribution is 5.14. The Morgan fingerprint density at radius 1 is 0.920 bits per heavy atom. The summed E-state index contributed by atoms with van der Waals surface area (Å²) in [5.41, 5.74) is 2.10. The Morgan fingerprint density at radius 2 is 1.48 bits per heavy atom. The number of benzene rings is 2. The van der Waals surface area contributed by atoms with Crippen LogP contribution in [0, 0.1) is 0 Å². The molecule has 134 valence electrons. The molecule has 1 aliphatic heterocycles. The highest BCUT2D eigenvalue weighted by Gasteiger charge is 2.42. The third kappa shape index (κ3) is 4.87. The molecule has 0 aromatic heterocycles. The molecule has 4 atom stereocenters. The van der Waals surface area contributed by atoms with E-state index in [9.17, 15) is 10.2 Å². The monoisotopic (exact) mass is 344 g/mol. The van der Waals surface area contributed by atoms with Crippen molar-refractivity contribution in [1.82, 2.24) is 0 Å². The zero-order valence-corrected chi connectivity index (χ0v) is 14.0. The van der Waals surface area contributed by atoms with Crippen molar-refractivity contribution in [3.8, 4) is 0 Å². The lowest BCUT2D eigenvalue weighted by Crippen LogP contribution is -2.42. The lowest BCUT2D eigenvalue weighted by Gasteiger charge is -2.26. The summed E-state index contributed by atoms with van der Waals surface area (Å²) in [6.45, 7) is 0.798. The first-order chi connectivity index (χ1) is 12.3. The molecule has 0 unspecified atom stereocenters. The van der Waals surface area contributed by atoms with Gasteiger partial charge in [0.25, 0.3) is 0 Å². The first kappa shape index (κ1) is 18.0. The predicted molar refractivity (Wildman–Crippen MR) is 92.9 cm³/mol. The van der Waals surface area contributed by atoms with E-state index in [1.165, 1.54) is 0 Å². The Labute approximate surface area is 147 Å². The molecule has 2 aromatic carbocycles. The Kier molecular flexibility index (Phi) is 6.55. The van der Waals surface area contributed by atoms with Gasteiger partial charge in [-0.05, 0) is 11.1 Å². The summed E-state index contributed by atoms with van der Waals surface area (Å²) in [4.78, 5) is 0. The van der Waals surface area contributed by atoms with Crippen molar-refractivity contribution in [3.05, 3.63) is 71.8 Å². The minimum atomic E-state index is -0.994. The Bertz CT molecular complexity index is 618. The molecule has 1 heterocycles. The van der Waals surface area contributed by atoms with E-state index in [1.54, 1.807) is 0 Å². The van der Waals surface area contributed by atoms with Gasteiger partial charge < -0.3 is 24.4 Å². The second-order valence-electron chi connectivity index (χ2n) is 6.14. The number of hydrogen-bond donors (Lipinski definition) is 2. The maximum atomic E-state index is 10.0. The van der Waals surface area contributed by atoms with Crippen LogP contribution in [0.4, 0.5) is 0 Å². The summed E-state index contributed by atoms with van der Waals surface area (Å²) in [5.74, 6) is 0. The molecule has 0 radical (unpaired) electrons. The SMILES string of the molecule is OC[C@H](O)[C@@H]1OC[C@@H](OCc2ccccc2)[C@@H]1OCc1ccccc1. The Hall–Kier alpha value is -1.76. The summed E-state index contributed by atoms with van der Waals surface area (Å²) in [7, 11) is 0. The van der Waals surface area contributed by atoms with Crippen LogP contribution in [0.25, 0.3) is 0 Å². The van der Waals surface area contributed by atoms with Gasteiger partial charge in [-0.15, -0.1) is 0 Å². The summed E-state index contributed by atoms with van der Waals surface area (Å²) >= 11 is 0. The molecule has 0 spiro atoms. The number of hydrogen-bond acceptors (Lipinski definition) is 5. The quantitative estimate of drug-likeness (QED) is 0.766. The maximum Gasteiger partial charge on any atom is 0.115 e. The molecule has 0 bridgehead atoms. The molecule has 2 aromatic rings. The van der Waals surface area contributed by atoms with Crippen LogP contribution in [-0.4, -0.2) is 47.8 Å². The van der Waals surface area contributed by atoms with Crippen LogP contribution >= 0.6 is 0 Å². The van der Waals surface area contributed by atoms with Gasteiger partial charge in [0.1, 0.15) is 24.4 Å². The van der Waals surface area contributed by atoms with Gasteiger partial charge in [-0.1, -0.05) is 60.7 Å². The lowest BCUT2D eigenvalue weighted by atomic mass is 10.1. The van der Waals surface area contributed by atoms with Gasteiger partial charge in [0.2, 0.25) is 0 Å². The molecule has 5 heteroatoms. The standard InChI is InChI=1S/C20H24O5/c21-11-17(22)19-20(24-13-16-9-5-2-6-10-16)18(14-25-19)23-12-15-7-3-1-4-8-15/h1-10,17-22H,11-14H2/t17-,18+,19-,20-/m0/s1. The summed E-state index contributed by atoms with van der Waals surface area (Å²) in [5, 5.41) is 19.3. The predicted octanol–water partition coefficient (Wildman–Crippen LogP) is 1.91. The van der Waals surface area contributed by atoms with Gasteiger partial charge in [0, 0.05) is 0 Å². The molecule has 0 aliphatic carbocycles. The molecule has 1 aliphatic rings. The molecule has 2 N–H and O–H groups in total. The van der Waals surface area contributed by atoms with E-state index in [2.05, 4.69) is 0 Å². The van der Waals surface area contributed by atoms with Crippen LogP contribution in [0.5, 0.6) is 0 Å². The fourth-order valence-corrected chi connectivity index (χ4v) is 2.93. The molecule has 1 saturated heterocycles. The smallest absolute Gasteiger partial charge is 0.115 e. The topological polar surface area (TPSA) is 68.2 Å². The molecule has 5 nitrogen and oxygen atoms in total. The van der Waals surface area contributed by atoms with E-state index >= 15 is 0 Å². The minimum Gasteiger partial charge on any atom is -0.394 e. The third-order valence-corrected chi connectivity index (χ3v) is 4.30. The minimum absolute atomic E-state index is 0.296. The zero-order chi connectivity index (χ0) is 17.5. The Balaban J connectivity index is 1.63. The molecule has 1 fully saturated rings. The molecule has 25 heavy (non-hydrogen) atoms. The van der Waals surface area contributed by atoms with E-state index in [1.807, 2.05) is 60.7 Å². The molecular weight excluding hydrogens is 320 g/mol. The van der Waals surface area contributed by atoms with Gasteiger partial charge in [-0.3, -0.25) is 0 Å². The largest absolute Gasteiger partial charge is 0.394 e.